The number of urea groups is 1. The summed E-state index contributed by atoms with van der Waals surface area (Å²) in [6.45, 7) is 2.31. The van der Waals surface area contributed by atoms with Crippen LogP contribution in [0.15, 0.2) is 24.3 Å². The largest absolute Gasteiger partial charge is 0.508 e. The highest BCUT2D eigenvalue weighted by molar-refractivity contribution is 5.92. The number of nitrogens with one attached hydrogen (secondary N) is 1. The number of hydrogen-bond acceptors (Lipinski definition) is 3. The molecule has 114 valence electrons. The van der Waals surface area contributed by atoms with Gasteiger partial charge in [-0.1, -0.05) is 6.07 Å². The van der Waals surface area contributed by atoms with Crippen molar-refractivity contribution in [3.63, 3.8) is 0 Å². The van der Waals surface area contributed by atoms with E-state index in [1.807, 2.05) is 6.92 Å². The molecule has 0 aromatic heterocycles. The quantitative estimate of drug-likeness (QED) is 0.793. The van der Waals surface area contributed by atoms with Crippen LogP contribution >= 0.6 is 0 Å². The molecule has 0 unspecified atom stereocenters. The van der Waals surface area contributed by atoms with E-state index in [0.29, 0.717) is 31.5 Å². The van der Waals surface area contributed by atoms with Crippen LogP contribution in [0.2, 0.25) is 0 Å². The zero-order valence-corrected chi connectivity index (χ0v) is 12.0. The predicted molar refractivity (Wildman–Crippen MR) is 78.4 cm³/mol. The van der Waals surface area contributed by atoms with Crippen molar-refractivity contribution < 1.29 is 19.8 Å². The lowest BCUT2D eigenvalue weighted by atomic mass is 10.1. The van der Waals surface area contributed by atoms with Crippen molar-refractivity contribution in [2.45, 2.75) is 32.2 Å². The number of carbonyl (C=O) groups excluding carboxylic acids is 1. The lowest BCUT2D eigenvalue weighted by molar-refractivity contribution is -0.141. The summed E-state index contributed by atoms with van der Waals surface area (Å²) in [6.07, 6.45) is 1.75. The zero-order chi connectivity index (χ0) is 15.4. The Morgan fingerprint density at radius 2 is 2.14 bits per heavy atom. The van der Waals surface area contributed by atoms with Crippen LogP contribution in [0.5, 0.6) is 5.75 Å². The van der Waals surface area contributed by atoms with Crippen molar-refractivity contribution in [2.24, 2.45) is 5.92 Å². The molecule has 0 bridgehead atoms. The van der Waals surface area contributed by atoms with Crippen molar-refractivity contribution in [3.8, 4) is 5.75 Å². The van der Waals surface area contributed by atoms with E-state index >= 15 is 0 Å². The number of anilines is 1. The maximum Gasteiger partial charge on any atom is 0.322 e. The van der Waals surface area contributed by atoms with Crippen molar-refractivity contribution in [1.82, 2.24) is 5.32 Å². The molecule has 2 atom stereocenters. The lowest BCUT2D eigenvalue weighted by Crippen LogP contribution is -2.44. The summed E-state index contributed by atoms with van der Waals surface area (Å²) in [7, 11) is 0. The van der Waals surface area contributed by atoms with Crippen molar-refractivity contribution >= 4 is 17.7 Å². The van der Waals surface area contributed by atoms with E-state index in [1.54, 1.807) is 18.2 Å². The van der Waals surface area contributed by atoms with Crippen molar-refractivity contribution in [3.05, 3.63) is 24.3 Å². The molecule has 0 aliphatic heterocycles. The Balaban J connectivity index is 2.00. The summed E-state index contributed by atoms with van der Waals surface area (Å²) >= 11 is 0. The number of amides is 2. The fourth-order valence-electron chi connectivity index (χ4n) is 2.69. The van der Waals surface area contributed by atoms with E-state index in [9.17, 15) is 14.7 Å². The molecule has 0 saturated heterocycles. The highest BCUT2D eigenvalue weighted by atomic mass is 16.4. The molecule has 2 amide bonds. The van der Waals surface area contributed by atoms with Crippen LogP contribution in [-0.4, -0.2) is 34.8 Å². The Kier molecular flexibility index (Phi) is 4.67. The normalized spacial score (nSPS) is 21.0. The first kappa shape index (κ1) is 15.2. The highest BCUT2D eigenvalue weighted by Gasteiger charge is 2.31. The van der Waals surface area contributed by atoms with Gasteiger partial charge in [0.2, 0.25) is 0 Å². The Morgan fingerprint density at radius 1 is 1.38 bits per heavy atom. The van der Waals surface area contributed by atoms with Crippen LogP contribution in [0.25, 0.3) is 0 Å². The topological polar surface area (TPSA) is 89.9 Å². The number of aromatic hydroxyl groups is 1. The van der Waals surface area contributed by atoms with Gasteiger partial charge in [0.25, 0.3) is 0 Å². The summed E-state index contributed by atoms with van der Waals surface area (Å²) < 4.78 is 0. The summed E-state index contributed by atoms with van der Waals surface area (Å²) in [6, 6.07) is 6.12. The number of carboxylic acid groups (broad SMARTS) is 1. The molecular formula is C15H20N2O4. The predicted octanol–water partition coefficient (Wildman–Crippen LogP) is 2.18. The first-order valence-electron chi connectivity index (χ1n) is 7.11. The highest BCUT2D eigenvalue weighted by Crippen LogP contribution is 2.26. The minimum atomic E-state index is -0.799. The number of carboxylic acids is 1. The Labute approximate surface area is 123 Å². The first-order valence-corrected chi connectivity index (χ1v) is 7.11. The molecule has 0 heterocycles. The van der Waals surface area contributed by atoms with E-state index in [4.69, 9.17) is 5.11 Å². The molecule has 1 fully saturated rings. The van der Waals surface area contributed by atoms with E-state index < -0.39 is 5.97 Å². The monoisotopic (exact) mass is 292 g/mol. The van der Waals surface area contributed by atoms with Gasteiger partial charge in [0.05, 0.1) is 5.92 Å². The molecule has 1 aromatic carbocycles. The van der Waals surface area contributed by atoms with E-state index in [2.05, 4.69) is 5.32 Å². The van der Waals surface area contributed by atoms with Gasteiger partial charge in [-0.3, -0.25) is 9.69 Å². The number of phenolic OH excluding ortho intramolecular Hbond substituents is 1. The summed E-state index contributed by atoms with van der Waals surface area (Å²) in [5.41, 5.74) is 0.614. The van der Waals surface area contributed by atoms with Crippen LogP contribution < -0.4 is 10.2 Å². The third-order valence-corrected chi connectivity index (χ3v) is 3.81. The van der Waals surface area contributed by atoms with Gasteiger partial charge in [0.1, 0.15) is 5.75 Å². The second kappa shape index (κ2) is 6.47. The number of aliphatic carboxylic acids is 1. The molecule has 0 radical (unpaired) electrons. The molecule has 3 N–H and O–H groups in total. The molecule has 2 rings (SSSR count). The number of nitrogens with zero attached hydrogens (tertiary/aromatic N) is 1. The third-order valence-electron chi connectivity index (χ3n) is 3.81. The van der Waals surface area contributed by atoms with Crippen LogP contribution in [-0.2, 0) is 4.79 Å². The number of hydrogen-bond donors (Lipinski definition) is 3. The lowest BCUT2D eigenvalue weighted by Gasteiger charge is -2.24. The van der Waals surface area contributed by atoms with Gasteiger partial charge in [-0.2, -0.15) is 0 Å². The molecule has 1 saturated carbocycles. The standard InChI is InChI=1S/C15H20N2O4/c1-2-17(12-4-3-5-13(18)9-12)15(21)16-11-7-6-10(8-11)14(19)20/h3-5,9-11,18H,2,6-8H2,1H3,(H,16,21)(H,19,20)/t10-,11+/m1/s1. The smallest absolute Gasteiger partial charge is 0.322 e. The molecule has 1 aliphatic carbocycles. The number of rotatable bonds is 4. The zero-order valence-electron chi connectivity index (χ0n) is 12.0. The van der Waals surface area contributed by atoms with Gasteiger partial charge in [0.15, 0.2) is 0 Å². The number of phenols is 1. The third kappa shape index (κ3) is 3.65. The Morgan fingerprint density at radius 3 is 2.71 bits per heavy atom. The molecular weight excluding hydrogens is 272 g/mol. The van der Waals surface area contributed by atoms with Crippen LogP contribution in [0.3, 0.4) is 0 Å². The van der Waals surface area contributed by atoms with Crippen molar-refractivity contribution in [2.75, 3.05) is 11.4 Å². The van der Waals surface area contributed by atoms with Crippen LogP contribution in [0.1, 0.15) is 26.2 Å². The van der Waals surface area contributed by atoms with Gasteiger partial charge < -0.3 is 15.5 Å². The molecule has 21 heavy (non-hydrogen) atoms. The fraction of sp³-hybridized carbons (Fsp3) is 0.467. The minimum Gasteiger partial charge on any atom is -0.508 e. The van der Waals surface area contributed by atoms with Gasteiger partial charge >= 0.3 is 12.0 Å². The second-order valence-corrected chi connectivity index (χ2v) is 5.26. The minimum absolute atomic E-state index is 0.102. The van der Waals surface area contributed by atoms with Gasteiger partial charge in [-0.15, -0.1) is 0 Å². The summed E-state index contributed by atoms with van der Waals surface area (Å²) in [5.74, 6) is -1.07. The van der Waals surface area contributed by atoms with Gasteiger partial charge in [0, 0.05) is 24.3 Å². The van der Waals surface area contributed by atoms with Crippen LogP contribution in [0.4, 0.5) is 10.5 Å². The van der Waals surface area contributed by atoms with E-state index in [1.165, 1.54) is 11.0 Å². The number of carbonyl (C=O) groups is 2. The molecule has 1 aliphatic rings. The fourth-order valence-corrected chi connectivity index (χ4v) is 2.69. The summed E-state index contributed by atoms with van der Waals surface area (Å²) in [5, 5.41) is 21.3. The average molecular weight is 292 g/mol. The van der Waals surface area contributed by atoms with E-state index in [0.717, 1.165) is 0 Å². The van der Waals surface area contributed by atoms with Gasteiger partial charge in [-0.05, 0) is 38.3 Å². The molecule has 1 aromatic rings. The molecule has 0 spiro atoms. The van der Waals surface area contributed by atoms with Crippen molar-refractivity contribution in [1.29, 1.82) is 0 Å². The van der Waals surface area contributed by atoms with Gasteiger partial charge in [-0.25, -0.2) is 4.79 Å². The first-order chi connectivity index (χ1) is 10.0. The summed E-state index contributed by atoms with van der Waals surface area (Å²) in [4.78, 5) is 24.8. The second-order valence-electron chi connectivity index (χ2n) is 5.26. The Hall–Kier alpha value is -2.24. The SMILES string of the molecule is CCN(C(=O)N[C@H]1CC[C@@H](C(=O)O)C1)c1cccc(O)c1. The maximum absolute atomic E-state index is 12.3. The van der Waals surface area contributed by atoms with Crippen LogP contribution in [0, 0.1) is 5.92 Å². The maximum atomic E-state index is 12.3. The van der Waals surface area contributed by atoms with E-state index in [-0.39, 0.29) is 23.7 Å². The average Bonchev–Trinajstić information content (AvgIpc) is 2.88. The molecule has 6 heteroatoms. The Bertz CT molecular complexity index is 532. The number of benzene rings is 1. The molecule has 6 nitrogen and oxygen atoms in total.